The molecular weight excluding hydrogens is 168 g/mol. The van der Waals surface area contributed by atoms with E-state index in [4.69, 9.17) is 0 Å². The van der Waals surface area contributed by atoms with E-state index in [2.05, 4.69) is 26.3 Å². The van der Waals surface area contributed by atoms with E-state index in [0.717, 1.165) is 11.1 Å². The number of allylic oxidation sites excluding steroid dienone is 6. The van der Waals surface area contributed by atoms with Crippen LogP contribution in [0.2, 0.25) is 0 Å². The maximum atomic E-state index is 3.62. The predicted molar refractivity (Wildman–Crippen MR) is 70.5 cm³/mol. The van der Waals surface area contributed by atoms with Gasteiger partial charge in [0.25, 0.3) is 0 Å². The van der Waals surface area contributed by atoms with Crippen molar-refractivity contribution in [1.29, 1.82) is 0 Å². The minimum Gasteiger partial charge on any atom is -0.0984 e. The molecule has 0 heterocycles. The fraction of sp³-hybridized carbons (Fsp3) is 0.286. The normalized spacial score (nSPS) is 6.29. The second kappa shape index (κ2) is 17.7. The number of hydrogen-bond donors (Lipinski definition) is 0. The quantitative estimate of drug-likeness (QED) is 0.545. The van der Waals surface area contributed by atoms with Gasteiger partial charge in [-0.3, -0.25) is 0 Å². The minimum absolute atomic E-state index is 0.963. The monoisotopic (exact) mass is 192 g/mol. The number of hydrogen-bond acceptors (Lipinski definition) is 0. The van der Waals surface area contributed by atoms with Gasteiger partial charge in [-0.2, -0.15) is 0 Å². The molecule has 0 atom stereocenters. The van der Waals surface area contributed by atoms with Crippen molar-refractivity contribution in [2.45, 2.75) is 27.7 Å². The fourth-order valence-corrected chi connectivity index (χ4v) is 0.638. The molecule has 0 aliphatic rings. The van der Waals surface area contributed by atoms with Gasteiger partial charge in [0, 0.05) is 0 Å². The molecule has 0 aromatic heterocycles. The van der Waals surface area contributed by atoms with Crippen molar-refractivity contribution in [3.05, 3.63) is 61.8 Å². The molecule has 0 unspecified atom stereocenters. The maximum absolute atomic E-state index is 3.62. The maximum Gasteiger partial charge on any atom is -0.0196 e. The highest BCUT2D eigenvalue weighted by Crippen LogP contribution is 2.08. The summed E-state index contributed by atoms with van der Waals surface area (Å²) in [4.78, 5) is 0. The van der Waals surface area contributed by atoms with Crippen LogP contribution in [-0.2, 0) is 0 Å². The summed E-state index contributed by atoms with van der Waals surface area (Å²) in [5.41, 5.74) is 1.93. The molecule has 14 heavy (non-hydrogen) atoms. The Morgan fingerprint density at radius 3 is 0.786 bits per heavy atom. The van der Waals surface area contributed by atoms with Gasteiger partial charge in [0.15, 0.2) is 0 Å². The van der Waals surface area contributed by atoms with Crippen molar-refractivity contribution in [2.24, 2.45) is 0 Å². The van der Waals surface area contributed by atoms with Crippen LogP contribution in [0.1, 0.15) is 27.7 Å². The summed E-state index contributed by atoms with van der Waals surface area (Å²) in [7, 11) is 0. The van der Waals surface area contributed by atoms with E-state index in [1.54, 1.807) is 24.3 Å². The first-order valence-electron chi connectivity index (χ1n) is 5.04. The Kier molecular flexibility index (Phi) is 23.4. The Bertz CT molecular complexity index is 150. The van der Waals surface area contributed by atoms with Crippen LogP contribution in [-0.4, -0.2) is 0 Å². The van der Waals surface area contributed by atoms with Crippen molar-refractivity contribution in [3.63, 3.8) is 0 Å². The van der Waals surface area contributed by atoms with Gasteiger partial charge in [-0.25, -0.2) is 0 Å². The molecule has 0 amide bonds. The molecule has 0 aliphatic carbocycles. The van der Waals surface area contributed by atoms with Gasteiger partial charge >= 0.3 is 0 Å². The van der Waals surface area contributed by atoms with E-state index < -0.39 is 0 Å². The molecule has 0 N–H and O–H groups in total. The highest BCUT2D eigenvalue weighted by atomic mass is 13.9. The lowest BCUT2D eigenvalue weighted by molar-refractivity contribution is 1.50. The van der Waals surface area contributed by atoms with Crippen LogP contribution in [0.25, 0.3) is 0 Å². The van der Waals surface area contributed by atoms with E-state index >= 15 is 0 Å². The highest BCUT2D eigenvalue weighted by molar-refractivity contribution is 5.43. The molecule has 0 aliphatic heterocycles. The second-order valence-corrected chi connectivity index (χ2v) is 1.73. The number of rotatable bonds is 4. The zero-order chi connectivity index (χ0) is 12.0. The van der Waals surface area contributed by atoms with E-state index in [1.165, 1.54) is 0 Å². The van der Waals surface area contributed by atoms with Crippen molar-refractivity contribution in [2.75, 3.05) is 0 Å². The van der Waals surface area contributed by atoms with Crippen molar-refractivity contribution >= 4 is 0 Å². The Balaban J connectivity index is -0.000000266. The average molecular weight is 192 g/mol. The molecule has 0 spiro atoms. The van der Waals surface area contributed by atoms with E-state index in [9.17, 15) is 0 Å². The Morgan fingerprint density at radius 1 is 0.571 bits per heavy atom. The first-order valence-corrected chi connectivity index (χ1v) is 5.04. The SMILES string of the molecule is C=CC(C=C)=C(C=C)C=C.CC.CC. The summed E-state index contributed by atoms with van der Waals surface area (Å²) < 4.78 is 0. The molecule has 0 radical (unpaired) electrons. The second-order valence-electron chi connectivity index (χ2n) is 1.73. The van der Waals surface area contributed by atoms with Gasteiger partial charge in [0.1, 0.15) is 0 Å². The van der Waals surface area contributed by atoms with Crippen LogP contribution in [0.5, 0.6) is 0 Å². The lowest BCUT2D eigenvalue weighted by atomic mass is 10.1. The van der Waals surface area contributed by atoms with Crippen LogP contribution in [0.4, 0.5) is 0 Å². The summed E-state index contributed by atoms with van der Waals surface area (Å²) in [6.45, 7) is 22.5. The van der Waals surface area contributed by atoms with Gasteiger partial charge in [0.05, 0.1) is 0 Å². The summed E-state index contributed by atoms with van der Waals surface area (Å²) in [6.07, 6.45) is 6.91. The zero-order valence-corrected chi connectivity index (χ0v) is 10.1. The third kappa shape index (κ3) is 8.79. The van der Waals surface area contributed by atoms with Crippen LogP contribution >= 0.6 is 0 Å². The lowest BCUT2D eigenvalue weighted by Gasteiger charge is -1.96. The summed E-state index contributed by atoms with van der Waals surface area (Å²) in [5.74, 6) is 0. The van der Waals surface area contributed by atoms with Gasteiger partial charge < -0.3 is 0 Å². The molecule has 0 bridgehead atoms. The van der Waals surface area contributed by atoms with E-state index in [0.29, 0.717) is 0 Å². The van der Waals surface area contributed by atoms with Gasteiger partial charge in [-0.05, 0) is 11.1 Å². The van der Waals surface area contributed by atoms with Crippen molar-refractivity contribution < 1.29 is 0 Å². The molecular formula is C14H24. The molecule has 80 valence electrons. The Hall–Kier alpha value is -1.30. The van der Waals surface area contributed by atoms with E-state index in [1.807, 2.05) is 27.7 Å². The van der Waals surface area contributed by atoms with Crippen LogP contribution in [0.15, 0.2) is 61.8 Å². The van der Waals surface area contributed by atoms with Crippen LogP contribution < -0.4 is 0 Å². The summed E-state index contributed by atoms with van der Waals surface area (Å²) >= 11 is 0. The first kappa shape index (κ1) is 18.5. The van der Waals surface area contributed by atoms with Crippen LogP contribution in [0, 0.1) is 0 Å². The highest BCUT2D eigenvalue weighted by Gasteiger charge is 1.88. The third-order valence-electron chi connectivity index (χ3n) is 1.21. The molecule has 0 saturated carbocycles. The fourth-order valence-electron chi connectivity index (χ4n) is 0.638. The predicted octanol–water partition coefficient (Wildman–Crippen LogP) is 5.08. The summed E-state index contributed by atoms with van der Waals surface area (Å²) in [5, 5.41) is 0. The average Bonchev–Trinajstić information content (AvgIpc) is 2.31. The molecule has 0 aromatic rings. The Labute approximate surface area is 90.0 Å². The molecule has 0 rings (SSSR count). The van der Waals surface area contributed by atoms with E-state index in [-0.39, 0.29) is 0 Å². The largest absolute Gasteiger partial charge is 0.0984 e. The first-order chi connectivity index (χ1) is 6.79. The zero-order valence-electron chi connectivity index (χ0n) is 10.1. The van der Waals surface area contributed by atoms with Crippen molar-refractivity contribution in [1.82, 2.24) is 0 Å². The third-order valence-corrected chi connectivity index (χ3v) is 1.21. The topological polar surface area (TPSA) is 0 Å². The molecule has 0 heteroatoms. The van der Waals surface area contributed by atoms with Crippen LogP contribution in [0.3, 0.4) is 0 Å². The molecule has 0 nitrogen and oxygen atoms in total. The molecule has 0 aromatic carbocycles. The molecule has 0 fully saturated rings. The Morgan fingerprint density at radius 2 is 0.714 bits per heavy atom. The summed E-state index contributed by atoms with van der Waals surface area (Å²) in [6, 6.07) is 0. The standard InChI is InChI=1S/C10H12.2C2H6/c1-5-9(6-2)10(7-3)8-4;2*1-2/h5-8H,1-4H2;2*1-2H3. The van der Waals surface area contributed by atoms with Crippen molar-refractivity contribution in [3.8, 4) is 0 Å². The smallest absolute Gasteiger partial charge is 0.0196 e. The molecule has 0 saturated heterocycles. The van der Waals surface area contributed by atoms with Gasteiger partial charge in [0.2, 0.25) is 0 Å². The van der Waals surface area contributed by atoms with Gasteiger partial charge in [-0.15, -0.1) is 0 Å². The lowest BCUT2D eigenvalue weighted by Crippen LogP contribution is -1.76. The van der Waals surface area contributed by atoms with Gasteiger partial charge in [-0.1, -0.05) is 78.3 Å². The minimum atomic E-state index is 0.963.